The highest BCUT2D eigenvalue weighted by molar-refractivity contribution is 6.08. The number of hydrogen-bond donors (Lipinski definition) is 1. The van der Waals surface area contributed by atoms with E-state index < -0.39 is 0 Å². The molecule has 0 aromatic heterocycles. The topological polar surface area (TPSA) is 37.3 Å². The van der Waals surface area contributed by atoms with Gasteiger partial charge in [-0.05, 0) is 42.8 Å². The van der Waals surface area contributed by atoms with Gasteiger partial charge in [-0.15, -0.1) is 0 Å². The molecule has 2 aromatic carbocycles. The molecule has 0 bridgehead atoms. The molecule has 0 atom stereocenters. The number of ketones is 1. The average molecular weight is 256 g/mol. The number of hydrogen-bond acceptors (Lipinski definition) is 2. The summed E-state index contributed by atoms with van der Waals surface area (Å²) in [4.78, 5) is 11.9. The van der Waals surface area contributed by atoms with E-state index >= 15 is 0 Å². The molecule has 0 aliphatic carbocycles. The zero-order valence-electron chi connectivity index (χ0n) is 10.4. The lowest BCUT2D eigenvalue weighted by atomic mass is 10.1. The lowest BCUT2D eigenvalue weighted by Crippen LogP contribution is -1.95. The first-order chi connectivity index (χ1) is 9.08. The number of phenolic OH excluding ortho intramolecular Hbond substituents is 1. The summed E-state index contributed by atoms with van der Waals surface area (Å²) in [7, 11) is 0. The monoisotopic (exact) mass is 256 g/mol. The fraction of sp³-hybridized carbons (Fsp3) is 0.0625. The quantitative estimate of drug-likeness (QED) is 0.671. The summed E-state index contributed by atoms with van der Waals surface area (Å²) in [5.74, 6) is -0.816. The van der Waals surface area contributed by atoms with Gasteiger partial charge in [0.25, 0.3) is 0 Å². The molecular weight excluding hydrogens is 243 g/mol. The van der Waals surface area contributed by atoms with Crippen LogP contribution >= 0.6 is 0 Å². The number of aryl methyl sites for hydroxylation is 1. The number of allylic oxidation sites excluding steroid dienone is 1. The van der Waals surface area contributed by atoms with E-state index in [2.05, 4.69) is 0 Å². The predicted molar refractivity (Wildman–Crippen MR) is 72.6 cm³/mol. The maximum absolute atomic E-state index is 13.4. The Hall–Kier alpha value is -2.42. The highest BCUT2D eigenvalue weighted by Crippen LogP contribution is 2.20. The molecule has 96 valence electrons. The van der Waals surface area contributed by atoms with Crippen LogP contribution in [0.25, 0.3) is 6.08 Å². The summed E-state index contributed by atoms with van der Waals surface area (Å²) >= 11 is 0. The average Bonchev–Trinajstić information content (AvgIpc) is 2.37. The summed E-state index contributed by atoms with van der Waals surface area (Å²) in [6, 6.07) is 11.0. The fourth-order valence-corrected chi connectivity index (χ4v) is 1.72. The summed E-state index contributed by atoms with van der Waals surface area (Å²) in [6.45, 7) is 1.82. The van der Waals surface area contributed by atoms with Crippen molar-refractivity contribution in [1.82, 2.24) is 0 Å². The van der Waals surface area contributed by atoms with E-state index in [1.807, 2.05) is 6.92 Å². The molecule has 0 heterocycles. The number of carbonyl (C=O) groups excluding carboxylic acids is 1. The molecule has 0 saturated heterocycles. The maximum Gasteiger partial charge on any atom is 0.189 e. The van der Waals surface area contributed by atoms with E-state index in [4.69, 9.17) is 0 Å². The van der Waals surface area contributed by atoms with Crippen LogP contribution in [0.2, 0.25) is 0 Å². The number of benzene rings is 2. The van der Waals surface area contributed by atoms with Gasteiger partial charge in [-0.25, -0.2) is 4.39 Å². The molecule has 19 heavy (non-hydrogen) atoms. The summed E-state index contributed by atoms with van der Waals surface area (Å²) in [5, 5.41) is 9.68. The molecule has 0 radical (unpaired) electrons. The molecule has 2 rings (SSSR count). The summed E-state index contributed by atoms with van der Waals surface area (Å²) in [5.41, 5.74) is 1.41. The van der Waals surface area contributed by atoms with Gasteiger partial charge in [0, 0.05) is 5.56 Å². The van der Waals surface area contributed by atoms with Crippen LogP contribution in [0.1, 0.15) is 21.5 Å². The van der Waals surface area contributed by atoms with Gasteiger partial charge in [0.15, 0.2) is 5.78 Å². The normalized spacial score (nSPS) is 10.8. The molecule has 0 spiro atoms. The first-order valence-electron chi connectivity index (χ1n) is 5.84. The standard InChI is InChI=1S/C16H13FO2/c1-11-6-8-13(16(19)10-11)15(18)9-7-12-4-2-3-5-14(12)17/h2-10,19H,1H3/b9-7+. The van der Waals surface area contributed by atoms with Gasteiger partial charge in [0.2, 0.25) is 0 Å². The van der Waals surface area contributed by atoms with E-state index in [1.54, 1.807) is 30.3 Å². The van der Waals surface area contributed by atoms with Crippen molar-refractivity contribution in [3.8, 4) is 5.75 Å². The number of aromatic hydroxyl groups is 1. The van der Waals surface area contributed by atoms with Crippen molar-refractivity contribution in [2.24, 2.45) is 0 Å². The van der Waals surface area contributed by atoms with Crippen molar-refractivity contribution in [2.75, 3.05) is 0 Å². The molecule has 0 aliphatic rings. The van der Waals surface area contributed by atoms with Gasteiger partial charge < -0.3 is 5.11 Å². The molecule has 0 saturated carbocycles. The van der Waals surface area contributed by atoms with Crippen molar-refractivity contribution in [3.63, 3.8) is 0 Å². The molecule has 2 nitrogen and oxygen atoms in total. The van der Waals surface area contributed by atoms with Crippen LogP contribution in [0.5, 0.6) is 5.75 Å². The minimum Gasteiger partial charge on any atom is -0.507 e. The largest absolute Gasteiger partial charge is 0.507 e. The Morgan fingerprint density at radius 1 is 1.21 bits per heavy atom. The van der Waals surface area contributed by atoms with Gasteiger partial charge in [0.1, 0.15) is 11.6 Å². The van der Waals surface area contributed by atoms with Gasteiger partial charge in [-0.1, -0.05) is 24.3 Å². The highest BCUT2D eigenvalue weighted by atomic mass is 19.1. The Morgan fingerprint density at radius 2 is 1.95 bits per heavy atom. The number of phenols is 1. The molecule has 0 fully saturated rings. The third-order valence-corrected chi connectivity index (χ3v) is 2.74. The van der Waals surface area contributed by atoms with E-state index in [9.17, 15) is 14.3 Å². The van der Waals surface area contributed by atoms with E-state index in [0.717, 1.165) is 5.56 Å². The van der Waals surface area contributed by atoms with E-state index in [-0.39, 0.29) is 22.9 Å². The minimum absolute atomic E-state index is 0.0665. The Labute approximate surface area is 110 Å². The number of carbonyl (C=O) groups is 1. The van der Waals surface area contributed by atoms with Crippen LogP contribution in [0, 0.1) is 12.7 Å². The maximum atomic E-state index is 13.4. The van der Waals surface area contributed by atoms with Crippen LogP contribution in [0.3, 0.4) is 0 Å². The second-order valence-corrected chi connectivity index (χ2v) is 4.24. The first kappa shape index (κ1) is 13.0. The zero-order chi connectivity index (χ0) is 13.8. The van der Waals surface area contributed by atoms with Crippen LogP contribution in [-0.4, -0.2) is 10.9 Å². The van der Waals surface area contributed by atoms with Gasteiger partial charge in [-0.3, -0.25) is 4.79 Å². The van der Waals surface area contributed by atoms with Crippen LogP contribution in [0.4, 0.5) is 4.39 Å². The smallest absolute Gasteiger partial charge is 0.189 e. The molecule has 2 aromatic rings. The highest BCUT2D eigenvalue weighted by Gasteiger charge is 2.08. The van der Waals surface area contributed by atoms with Crippen molar-refractivity contribution < 1.29 is 14.3 Å². The van der Waals surface area contributed by atoms with E-state index in [0.29, 0.717) is 5.56 Å². The number of rotatable bonds is 3. The minimum atomic E-state index is -0.389. The lowest BCUT2D eigenvalue weighted by molar-refractivity contribution is 0.104. The van der Waals surface area contributed by atoms with Gasteiger partial charge in [0.05, 0.1) is 5.56 Å². The van der Waals surface area contributed by atoms with Gasteiger partial charge in [-0.2, -0.15) is 0 Å². The second-order valence-electron chi connectivity index (χ2n) is 4.24. The molecule has 0 aliphatic heterocycles. The Kier molecular flexibility index (Phi) is 3.76. The van der Waals surface area contributed by atoms with Crippen LogP contribution in [0.15, 0.2) is 48.5 Å². The predicted octanol–water partition coefficient (Wildman–Crippen LogP) is 3.74. The van der Waals surface area contributed by atoms with Crippen molar-refractivity contribution in [1.29, 1.82) is 0 Å². The van der Waals surface area contributed by atoms with E-state index in [1.165, 1.54) is 24.3 Å². The van der Waals surface area contributed by atoms with Crippen molar-refractivity contribution in [3.05, 3.63) is 71.0 Å². The first-order valence-corrected chi connectivity index (χ1v) is 5.84. The van der Waals surface area contributed by atoms with Crippen LogP contribution in [-0.2, 0) is 0 Å². The zero-order valence-corrected chi connectivity index (χ0v) is 10.4. The summed E-state index contributed by atoms with van der Waals surface area (Å²) < 4.78 is 13.4. The third kappa shape index (κ3) is 3.07. The Bertz CT molecular complexity index is 645. The second kappa shape index (κ2) is 5.48. The SMILES string of the molecule is Cc1ccc(C(=O)/C=C/c2ccccc2F)c(O)c1. The molecule has 0 unspecified atom stereocenters. The van der Waals surface area contributed by atoms with Gasteiger partial charge >= 0.3 is 0 Å². The van der Waals surface area contributed by atoms with Crippen LogP contribution < -0.4 is 0 Å². The lowest BCUT2D eigenvalue weighted by Gasteiger charge is -2.01. The third-order valence-electron chi connectivity index (χ3n) is 2.74. The molecule has 0 amide bonds. The molecular formula is C16H13FO2. The molecule has 3 heteroatoms. The summed E-state index contributed by atoms with van der Waals surface area (Å²) in [6.07, 6.45) is 2.65. The fourth-order valence-electron chi connectivity index (χ4n) is 1.72. The molecule has 1 N–H and O–H groups in total. The Balaban J connectivity index is 2.24. The van der Waals surface area contributed by atoms with Crippen molar-refractivity contribution >= 4 is 11.9 Å². The number of halogens is 1. The van der Waals surface area contributed by atoms with Crippen molar-refractivity contribution in [2.45, 2.75) is 6.92 Å². The Morgan fingerprint density at radius 3 is 2.63 bits per heavy atom.